The second-order valence-corrected chi connectivity index (χ2v) is 5.35. The molecule has 0 aliphatic heterocycles. The summed E-state index contributed by atoms with van der Waals surface area (Å²) in [6, 6.07) is 10.1. The first-order valence-electron chi connectivity index (χ1n) is 5.83. The number of thioether (sulfide) groups is 1. The first kappa shape index (κ1) is 12.9. The first-order valence-corrected chi connectivity index (χ1v) is 6.82. The normalized spacial score (nSPS) is 10.6. The molecule has 2 rings (SSSR count). The molecule has 4 heteroatoms. The molecule has 18 heavy (non-hydrogen) atoms. The van der Waals surface area contributed by atoms with Crippen LogP contribution in [0.2, 0.25) is 0 Å². The Kier molecular flexibility index (Phi) is 4.20. The van der Waals surface area contributed by atoms with Crippen LogP contribution in [0.5, 0.6) is 0 Å². The van der Waals surface area contributed by atoms with E-state index in [0.717, 1.165) is 10.6 Å². The monoisotopic (exact) mass is 260 g/mol. The molecule has 0 spiro atoms. The minimum Gasteiger partial charge on any atom is -0.298 e. The van der Waals surface area contributed by atoms with Gasteiger partial charge in [-0.05, 0) is 25.1 Å². The summed E-state index contributed by atoms with van der Waals surface area (Å²) in [4.78, 5) is 13.0. The van der Waals surface area contributed by atoms with Crippen molar-refractivity contribution in [2.75, 3.05) is 5.75 Å². The van der Waals surface area contributed by atoms with Crippen molar-refractivity contribution in [2.24, 2.45) is 7.05 Å². The third-order valence-corrected chi connectivity index (χ3v) is 3.59. The Bertz CT molecular complexity index is 548. The molecular weight excluding hydrogens is 244 g/mol. The fourth-order valence-corrected chi connectivity index (χ4v) is 2.55. The Labute approximate surface area is 111 Å². The number of aryl methyl sites for hydroxylation is 2. The summed E-state index contributed by atoms with van der Waals surface area (Å²) in [5, 5.41) is 4.21. The molecule has 0 fully saturated rings. The number of benzene rings is 1. The fraction of sp³-hybridized carbons (Fsp3) is 0.286. The van der Waals surface area contributed by atoms with Crippen LogP contribution in [0, 0.1) is 6.92 Å². The molecule has 0 saturated heterocycles. The molecule has 0 atom stereocenters. The Morgan fingerprint density at radius 1 is 1.39 bits per heavy atom. The highest BCUT2D eigenvalue weighted by Crippen LogP contribution is 2.19. The lowest BCUT2D eigenvalue weighted by Crippen LogP contribution is -2.06. The lowest BCUT2D eigenvalue weighted by atomic mass is 10.2. The van der Waals surface area contributed by atoms with Crippen molar-refractivity contribution < 1.29 is 4.79 Å². The lowest BCUT2D eigenvalue weighted by molar-refractivity contribution is -0.116. The molecule has 0 aliphatic carbocycles. The number of aromatic nitrogens is 2. The minimum absolute atomic E-state index is 0.209. The van der Waals surface area contributed by atoms with Crippen molar-refractivity contribution in [3.05, 3.63) is 47.8 Å². The molecule has 0 unspecified atom stereocenters. The van der Waals surface area contributed by atoms with Gasteiger partial charge in [0.25, 0.3) is 0 Å². The van der Waals surface area contributed by atoms with Crippen molar-refractivity contribution in [1.29, 1.82) is 0 Å². The number of Topliss-reactive ketones (excluding diaryl/α,β-unsaturated/α-hetero) is 1. The summed E-state index contributed by atoms with van der Waals surface area (Å²) >= 11 is 1.58. The Morgan fingerprint density at radius 3 is 2.89 bits per heavy atom. The third kappa shape index (κ3) is 3.74. The van der Waals surface area contributed by atoms with E-state index in [2.05, 4.69) is 24.2 Å². The van der Waals surface area contributed by atoms with E-state index in [0.29, 0.717) is 12.2 Å². The van der Waals surface area contributed by atoms with E-state index >= 15 is 0 Å². The van der Waals surface area contributed by atoms with Crippen molar-refractivity contribution in [3.8, 4) is 0 Å². The predicted molar refractivity (Wildman–Crippen MR) is 73.8 cm³/mol. The molecule has 0 aliphatic rings. The van der Waals surface area contributed by atoms with Gasteiger partial charge in [-0.1, -0.05) is 17.7 Å². The smallest absolute Gasteiger partial charge is 0.149 e. The van der Waals surface area contributed by atoms with Crippen molar-refractivity contribution >= 4 is 17.5 Å². The average molecular weight is 260 g/mol. The zero-order valence-corrected chi connectivity index (χ0v) is 11.4. The molecular formula is C14H16N2OS. The van der Waals surface area contributed by atoms with E-state index < -0.39 is 0 Å². The molecule has 0 bridgehead atoms. The Morgan fingerprint density at radius 2 is 2.22 bits per heavy atom. The Hall–Kier alpha value is -1.55. The van der Waals surface area contributed by atoms with Gasteiger partial charge in [-0.2, -0.15) is 5.10 Å². The second-order valence-electron chi connectivity index (χ2n) is 4.30. The number of carbonyl (C=O) groups excluding carboxylic acids is 1. The van der Waals surface area contributed by atoms with Crippen LogP contribution in [0.15, 0.2) is 41.4 Å². The first-order chi connectivity index (χ1) is 8.63. The number of hydrogen-bond acceptors (Lipinski definition) is 3. The van der Waals surface area contributed by atoms with Gasteiger partial charge >= 0.3 is 0 Å². The standard InChI is InChI=1S/C14H16N2OS/c1-11-4-3-5-14(8-11)18-10-13(17)9-12-6-7-16(2)15-12/h3-8H,9-10H2,1-2H3. The molecule has 94 valence electrons. The number of carbonyl (C=O) groups is 1. The zero-order chi connectivity index (χ0) is 13.0. The van der Waals surface area contributed by atoms with Gasteiger partial charge in [-0.25, -0.2) is 0 Å². The van der Waals surface area contributed by atoms with E-state index in [1.54, 1.807) is 16.4 Å². The van der Waals surface area contributed by atoms with Gasteiger partial charge in [0, 0.05) is 18.1 Å². The van der Waals surface area contributed by atoms with Crippen LogP contribution >= 0.6 is 11.8 Å². The van der Waals surface area contributed by atoms with Crippen molar-refractivity contribution in [3.63, 3.8) is 0 Å². The van der Waals surface area contributed by atoms with Gasteiger partial charge in [0.05, 0.1) is 17.9 Å². The summed E-state index contributed by atoms with van der Waals surface area (Å²) in [5.74, 6) is 0.709. The molecule has 1 aromatic carbocycles. The largest absolute Gasteiger partial charge is 0.298 e. The minimum atomic E-state index is 0.209. The quantitative estimate of drug-likeness (QED) is 0.775. The maximum absolute atomic E-state index is 11.8. The SMILES string of the molecule is Cc1cccc(SCC(=O)Cc2ccn(C)n2)c1. The van der Waals surface area contributed by atoms with Gasteiger partial charge in [0.1, 0.15) is 5.78 Å². The van der Waals surface area contributed by atoms with Gasteiger partial charge in [0.2, 0.25) is 0 Å². The van der Waals surface area contributed by atoms with Crippen LogP contribution in [0.1, 0.15) is 11.3 Å². The third-order valence-electron chi connectivity index (χ3n) is 2.54. The van der Waals surface area contributed by atoms with E-state index in [4.69, 9.17) is 0 Å². The summed E-state index contributed by atoms with van der Waals surface area (Å²) in [6.45, 7) is 2.06. The van der Waals surface area contributed by atoms with E-state index in [1.807, 2.05) is 31.4 Å². The molecule has 0 amide bonds. The highest BCUT2D eigenvalue weighted by molar-refractivity contribution is 8.00. The van der Waals surface area contributed by atoms with E-state index in [1.165, 1.54) is 5.56 Å². The average Bonchev–Trinajstić information content (AvgIpc) is 2.72. The summed E-state index contributed by atoms with van der Waals surface area (Å²) in [5.41, 5.74) is 2.06. The molecule has 0 N–H and O–H groups in total. The van der Waals surface area contributed by atoms with Crippen LogP contribution in [-0.4, -0.2) is 21.3 Å². The van der Waals surface area contributed by atoms with Crippen LogP contribution in [0.3, 0.4) is 0 Å². The maximum atomic E-state index is 11.8. The fourth-order valence-electron chi connectivity index (χ4n) is 1.68. The van der Waals surface area contributed by atoms with Crippen LogP contribution < -0.4 is 0 Å². The van der Waals surface area contributed by atoms with E-state index in [-0.39, 0.29) is 5.78 Å². The molecule has 3 nitrogen and oxygen atoms in total. The molecule has 0 saturated carbocycles. The summed E-state index contributed by atoms with van der Waals surface area (Å²) < 4.78 is 1.72. The number of nitrogens with zero attached hydrogens (tertiary/aromatic N) is 2. The maximum Gasteiger partial charge on any atom is 0.149 e. The highest BCUT2D eigenvalue weighted by Gasteiger charge is 2.07. The van der Waals surface area contributed by atoms with Crippen LogP contribution in [0.25, 0.3) is 0 Å². The van der Waals surface area contributed by atoms with E-state index in [9.17, 15) is 4.79 Å². The van der Waals surface area contributed by atoms with Gasteiger partial charge in [-0.3, -0.25) is 9.48 Å². The molecule has 1 heterocycles. The predicted octanol–water partition coefficient (Wildman–Crippen LogP) is 2.63. The van der Waals surface area contributed by atoms with Gasteiger partial charge < -0.3 is 0 Å². The second kappa shape index (κ2) is 5.87. The van der Waals surface area contributed by atoms with Crippen molar-refractivity contribution in [1.82, 2.24) is 9.78 Å². The van der Waals surface area contributed by atoms with Gasteiger partial charge in [-0.15, -0.1) is 11.8 Å². The Balaban J connectivity index is 1.85. The molecule has 0 radical (unpaired) electrons. The molecule has 2 aromatic rings. The number of rotatable bonds is 5. The topological polar surface area (TPSA) is 34.9 Å². The summed E-state index contributed by atoms with van der Waals surface area (Å²) in [7, 11) is 1.86. The summed E-state index contributed by atoms with van der Waals surface area (Å²) in [6.07, 6.45) is 2.27. The molecule has 1 aromatic heterocycles. The van der Waals surface area contributed by atoms with Gasteiger partial charge in [0.15, 0.2) is 0 Å². The zero-order valence-electron chi connectivity index (χ0n) is 10.6. The highest BCUT2D eigenvalue weighted by atomic mass is 32.2. The van der Waals surface area contributed by atoms with Crippen molar-refractivity contribution in [2.45, 2.75) is 18.2 Å². The lowest BCUT2D eigenvalue weighted by Gasteiger charge is -2.01. The number of hydrogen-bond donors (Lipinski definition) is 0. The van der Waals surface area contributed by atoms with Crippen LogP contribution in [-0.2, 0) is 18.3 Å². The van der Waals surface area contributed by atoms with Crippen LogP contribution in [0.4, 0.5) is 0 Å². The number of ketones is 1.